The molecule has 0 aliphatic carbocycles. The molecule has 0 aromatic heterocycles. The van der Waals surface area contributed by atoms with Crippen molar-refractivity contribution < 1.29 is 14.4 Å². The van der Waals surface area contributed by atoms with Crippen LogP contribution in [0.25, 0.3) is 0 Å². The van der Waals surface area contributed by atoms with Gasteiger partial charge in [-0.1, -0.05) is 78.5 Å². The number of rotatable bonds is 16. The van der Waals surface area contributed by atoms with Crippen LogP contribution in [-0.4, -0.2) is 53.8 Å². The Labute approximate surface area is 223 Å². The Morgan fingerprint density at radius 3 is 2.03 bits per heavy atom. The average molecular weight is 516 g/mol. The molecule has 0 heterocycles. The highest BCUT2D eigenvalue weighted by Crippen LogP contribution is 2.22. The van der Waals surface area contributed by atoms with Crippen LogP contribution in [0, 0.1) is 17.8 Å². The van der Waals surface area contributed by atoms with Crippen molar-refractivity contribution in [3.63, 3.8) is 0 Å². The van der Waals surface area contributed by atoms with E-state index < -0.39 is 24.0 Å². The van der Waals surface area contributed by atoms with Crippen LogP contribution in [0.4, 0.5) is 0 Å². The predicted octanol–water partition coefficient (Wildman–Crippen LogP) is 2.96. The molecule has 0 radical (unpaired) electrons. The number of hydrogen-bond acceptors (Lipinski definition) is 5. The lowest BCUT2D eigenvalue weighted by atomic mass is 9.93. The Morgan fingerprint density at radius 1 is 0.946 bits per heavy atom. The minimum Gasteiger partial charge on any atom is -0.372 e. The molecular formula is C29H49N5O3. The topological polar surface area (TPSA) is 131 Å². The van der Waals surface area contributed by atoms with E-state index in [1.807, 2.05) is 83.8 Å². The summed E-state index contributed by atoms with van der Waals surface area (Å²) in [6.45, 7) is 16.3. The van der Waals surface area contributed by atoms with Gasteiger partial charge in [-0.3, -0.25) is 14.4 Å². The molecule has 1 aromatic rings. The van der Waals surface area contributed by atoms with Gasteiger partial charge in [0.1, 0.15) is 6.04 Å². The van der Waals surface area contributed by atoms with Crippen molar-refractivity contribution in [1.82, 2.24) is 15.5 Å². The van der Waals surface area contributed by atoms with Crippen molar-refractivity contribution in [2.24, 2.45) is 29.2 Å². The lowest BCUT2D eigenvalue weighted by Crippen LogP contribution is -2.55. The van der Waals surface area contributed by atoms with Gasteiger partial charge in [0, 0.05) is 37.7 Å². The van der Waals surface area contributed by atoms with Crippen molar-refractivity contribution in [2.45, 2.75) is 91.4 Å². The average Bonchev–Trinajstić information content (AvgIpc) is 2.78. The van der Waals surface area contributed by atoms with Gasteiger partial charge in [0.15, 0.2) is 0 Å². The third-order valence-electron chi connectivity index (χ3n) is 6.45. The van der Waals surface area contributed by atoms with Crippen molar-refractivity contribution in [3.05, 3.63) is 48.2 Å². The standard InChI is InChI=1S/C29H49N5O3/c1-18(2)14-24(32-27(36)15-19(3)4)29(37)33-28(20(5)6)21(7)34(8)25(23(30)17-26(31)35)16-22-12-10-9-11-13-22/h9-13,18-20,23-25,28H,7,14-17,30H2,1-6,8H3,(H2,31,35)(H,32,36)(H,33,37)/t23-,24?,25?,28?/m0/s1. The molecule has 6 N–H and O–H groups in total. The molecule has 1 aromatic carbocycles. The zero-order chi connectivity index (χ0) is 28.3. The van der Waals surface area contributed by atoms with E-state index in [2.05, 4.69) is 17.2 Å². The predicted molar refractivity (Wildman–Crippen MR) is 150 cm³/mol. The highest BCUT2D eigenvalue weighted by atomic mass is 16.2. The summed E-state index contributed by atoms with van der Waals surface area (Å²) in [7, 11) is 1.88. The van der Waals surface area contributed by atoms with E-state index in [0.717, 1.165) is 5.56 Å². The molecule has 3 amide bonds. The minimum atomic E-state index is -0.636. The molecule has 0 bridgehead atoms. The van der Waals surface area contributed by atoms with Crippen LogP contribution in [0.1, 0.15) is 66.4 Å². The number of likely N-dealkylation sites (N-methyl/N-ethyl adjacent to an activating group) is 1. The van der Waals surface area contributed by atoms with Crippen molar-refractivity contribution >= 4 is 17.7 Å². The van der Waals surface area contributed by atoms with Crippen LogP contribution in [0.2, 0.25) is 0 Å². The zero-order valence-electron chi connectivity index (χ0n) is 23.8. The summed E-state index contributed by atoms with van der Waals surface area (Å²) in [5.41, 5.74) is 13.7. The number of amides is 3. The normalized spacial score (nSPS) is 14.7. The van der Waals surface area contributed by atoms with Gasteiger partial charge < -0.3 is 27.0 Å². The maximum atomic E-state index is 13.4. The summed E-state index contributed by atoms with van der Waals surface area (Å²) in [5, 5.41) is 6.05. The quantitative estimate of drug-likeness (QED) is 0.269. The first-order valence-corrected chi connectivity index (χ1v) is 13.3. The molecule has 8 heteroatoms. The summed E-state index contributed by atoms with van der Waals surface area (Å²) in [6.07, 6.45) is 1.52. The molecule has 1 rings (SSSR count). The van der Waals surface area contributed by atoms with Gasteiger partial charge in [-0.15, -0.1) is 0 Å². The second-order valence-electron chi connectivity index (χ2n) is 11.3. The molecule has 37 heavy (non-hydrogen) atoms. The number of carbonyl (C=O) groups excluding carboxylic acids is 3. The maximum Gasteiger partial charge on any atom is 0.243 e. The Bertz CT molecular complexity index is 885. The molecule has 8 nitrogen and oxygen atoms in total. The van der Waals surface area contributed by atoms with Crippen molar-refractivity contribution in [2.75, 3.05) is 7.05 Å². The van der Waals surface area contributed by atoms with Crippen LogP contribution in [-0.2, 0) is 20.8 Å². The minimum absolute atomic E-state index is 0.0229. The highest BCUT2D eigenvalue weighted by Gasteiger charge is 2.32. The number of nitrogens with two attached hydrogens (primary N) is 2. The number of nitrogens with one attached hydrogen (secondary N) is 2. The zero-order valence-corrected chi connectivity index (χ0v) is 23.8. The monoisotopic (exact) mass is 515 g/mol. The van der Waals surface area contributed by atoms with Gasteiger partial charge in [0.2, 0.25) is 17.7 Å². The van der Waals surface area contributed by atoms with Crippen LogP contribution < -0.4 is 22.1 Å². The lowest BCUT2D eigenvalue weighted by Gasteiger charge is -2.40. The molecular weight excluding hydrogens is 466 g/mol. The van der Waals surface area contributed by atoms with Gasteiger partial charge in [0.25, 0.3) is 0 Å². The van der Waals surface area contributed by atoms with Crippen molar-refractivity contribution in [3.8, 4) is 0 Å². The van der Waals surface area contributed by atoms with Gasteiger partial charge in [-0.25, -0.2) is 0 Å². The second kappa shape index (κ2) is 15.4. The number of carbonyl (C=O) groups is 3. The summed E-state index contributed by atoms with van der Waals surface area (Å²) in [6, 6.07) is 8.07. The summed E-state index contributed by atoms with van der Waals surface area (Å²) < 4.78 is 0. The fourth-order valence-electron chi connectivity index (χ4n) is 4.45. The first kappa shape index (κ1) is 32.2. The molecule has 4 atom stereocenters. The number of primary amides is 1. The second-order valence-corrected chi connectivity index (χ2v) is 11.3. The molecule has 0 aliphatic heterocycles. The first-order valence-electron chi connectivity index (χ1n) is 13.3. The molecule has 0 saturated heterocycles. The maximum absolute atomic E-state index is 13.4. The van der Waals surface area contributed by atoms with E-state index in [1.165, 1.54) is 0 Å². The highest BCUT2D eigenvalue weighted by molar-refractivity contribution is 5.88. The van der Waals surface area contributed by atoms with Crippen molar-refractivity contribution in [1.29, 1.82) is 0 Å². The Kier molecular flexibility index (Phi) is 13.4. The van der Waals surface area contributed by atoms with E-state index in [1.54, 1.807) is 0 Å². The van der Waals surface area contributed by atoms with Crippen LogP contribution >= 0.6 is 0 Å². The van der Waals surface area contributed by atoms with Crippen LogP contribution in [0.3, 0.4) is 0 Å². The van der Waals surface area contributed by atoms with Crippen LogP contribution in [0.5, 0.6) is 0 Å². The molecule has 0 spiro atoms. The summed E-state index contributed by atoms with van der Waals surface area (Å²) in [5.74, 6) is -0.388. The van der Waals surface area contributed by atoms with Gasteiger partial charge in [-0.2, -0.15) is 0 Å². The number of hydrogen-bond donors (Lipinski definition) is 4. The number of nitrogens with zero attached hydrogens (tertiary/aromatic N) is 1. The van der Waals surface area contributed by atoms with E-state index in [-0.39, 0.29) is 42.0 Å². The largest absolute Gasteiger partial charge is 0.372 e. The van der Waals surface area contributed by atoms with E-state index >= 15 is 0 Å². The van der Waals surface area contributed by atoms with E-state index in [0.29, 0.717) is 25.0 Å². The van der Waals surface area contributed by atoms with E-state index in [4.69, 9.17) is 11.5 Å². The lowest BCUT2D eigenvalue weighted by molar-refractivity contribution is -0.130. The molecule has 0 aliphatic rings. The summed E-state index contributed by atoms with van der Waals surface area (Å²) >= 11 is 0. The van der Waals surface area contributed by atoms with Gasteiger partial charge >= 0.3 is 0 Å². The first-order chi connectivity index (χ1) is 17.2. The molecule has 0 fully saturated rings. The fraction of sp³-hybridized carbons (Fsp3) is 0.621. The van der Waals surface area contributed by atoms with Gasteiger partial charge in [-0.05, 0) is 36.2 Å². The third-order valence-corrected chi connectivity index (χ3v) is 6.45. The van der Waals surface area contributed by atoms with E-state index in [9.17, 15) is 14.4 Å². The SMILES string of the molecule is C=C(C(NC(=O)C(CC(C)C)NC(=O)CC(C)C)C(C)C)N(C)C(Cc1ccccc1)[C@@H](N)CC(N)=O. The fourth-order valence-corrected chi connectivity index (χ4v) is 4.45. The Morgan fingerprint density at radius 2 is 1.54 bits per heavy atom. The molecule has 0 saturated carbocycles. The Balaban J connectivity index is 3.15. The third kappa shape index (κ3) is 11.4. The summed E-state index contributed by atoms with van der Waals surface area (Å²) in [4.78, 5) is 39.5. The van der Waals surface area contributed by atoms with Crippen LogP contribution in [0.15, 0.2) is 42.6 Å². The molecule has 208 valence electrons. The Hall–Kier alpha value is -2.87. The smallest absolute Gasteiger partial charge is 0.243 e. The number of benzene rings is 1. The molecule has 3 unspecified atom stereocenters. The van der Waals surface area contributed by atoms with Gasteiger partial charge in [0.05, 0.1) is 6.04 Å².